The van der Waals surface area contributed by atoms with Gasteiger partial charge in [0.15, 0.2) is 0 Å². The summed E-state index contributed by atoms with van der Waals surface area (Å²) in [4.78, 5) is 27.3. The van der Waals surface area contributed by atoms with Crippen molar-refractivity contribution in [2.75, 3.05) is 12.0 Å². The molecule has 1 aliphatic heterocycles. The van der Waals surface area contributed by atoms with Gasteiger partial charge < -0.3 is 15.0 Å². The molecule has 5 nitrogen and oxygen atoms in total. The third kappa shape index (κ3) is 4.64. The largest absolute Gasteiger partial charge is 0.497 e. The molecule has 3 aromatic carbocycles. The molecule has 1 heterocycles. The summed E-state index contributed by atoms with van der Waals surface area (Å²) in [6, 6.07) is 19.0. The highest BCUT2D eigenvalue weighted by atomic mass is 19.1. The molecule has 0 aromatic heterocycles. The topological polar surface area (TPSA) is 58.6 Å². The van der Waals surface area contributed by atoms with Gasteiger partial charge >= 0.3 is 0 Å². The standard InChI is InChI=1S/C26H25FN2O3/c1-17-13-21-6-3-19(16-28-25(30)15-18-4-9-22(27)10-5-18)14-24(21)29(17)26(31)20-7-11-23(32-2)12-8-20/h3-12,14,17H,13,15-16H2,1-2H3,(H,28,30). The van der Waals surface area contributed by atoms with Crippen LogP contribution in [0.25, 0.3) is 0 Å². The molecule has 2 amide bonds. The maximum Gasteiger partial charge on any atom is 0.258 e. The zero-order chi connectivity index (χ0) is 22.7. The number of rotatable bonds is 6. The van der Waals surface area contributed by atoms with Crippen molar-refractivity contribution in [2.45, 2.75) is 32.4 Å². The molecule has 1 atom stereocenters. The zero-order valence-corrected chi connectivity index (χ0v) is 18.1. The number of hydrogen-bond acceptors (Lipinski definition) is 3. The van der Waals surface area contributed by atoms with E-state index in [-0.39, 0.29) is 30.1 Å². The summed E-state index contributed by atoms with van der Waals surface area (Å²) in [6.45, 7) is 2.39. The summed E-state index contributed by atoms with van der Waals surface area (Å²) >= 11 is 0. The van der Waals surface area contributed by atoms with E-state index in [0.717, 1.165) is 28.8 Å². The summed E-state index contributed by atoms with van der Waals surface area (Å²) < 4.78 is 18.2. The highest BCUT2D eigenvalue weighted by Crippen LogP contribution is 2.34. The monoisotopic (exact) mass is 432 g/mol. The van der Waals surface area contributed by atoms with E-state index in [4.69, 9.17) is 4.74 Å². The smallest absolute Gasteiger partial charge is 0.258 e. The number of anilines is 1. The van der Waals surface area contributed by atoms with Crippen LogP contribution in [0.1, 0.15) is 34.0 Å². The minimum atomic E-state index is -0.324. The molecule has 1 aliphatic rings. The van der Waals surface area contributed by atoms with E-state index < -0.39 is 0 Å². The Morgan fingerprint density at radius 3 is 2.41 bits per heavy atom. The Morgan fingerprint density at radius 2 is 1.72 bits per heavy atom. The Bertz CT molecular complexity index is 1130. The first kappa shape index (κ1) is 21.6. The molecule has 164 valence electrons. The quantitative estimate of drug-likeness (QED) is 0.632. The Labute approximate surface area is 186 Å². The Balaban J connectivity index is 1.45. The highest BCUT2D eigenvalue weighted by molar-refractivity contribution is 6.07. The Kier molecular flexibility index (Phi) is 6.21. The molecule has 0 bridgehead atoms. The van der Waals surface area contributed by atoms with Crippen LogP contribution in [-0.4, -0.2) is 25.0 Å². The fourth-order valence-electron chi connectivity index (χ4n) is 4.00. The minimum Gasteiger partial charge on any atom is -0.497 e. The normalized spacial score (nSPS) is 14.7. The highest BCUT2D eigenvalue weighted by Gasteiger charge is 2.31. The number of carbonyl (C=O) groups excluding carboxylic acids is 2. The molecule has 0 spiro atoms. The van der Waals surface area contributed by atoms with Gasteiger partial charge in [0.1, 0.15) is 11.6 Å². The molecule has 1 unspecified atom stereocenters. The average Bonchev–Trinajstić information content (AvgIpc) is 3.13. The van der Waals surface area contributed by atoms with Crippen LogP contribution < -0.4 is 15.0 Å². The van der Waals surface area contributed by atoms with Gasteiger partial charge in [-0.15, -0.1) is 0 Å². The lowest BCUT2D eigenvalue weighted by Crippen LogP contribution is -2.35. The maximum atomic E-state index is 13.2. The van der Waals surface area contributed by atoms with Crippen LogP contribution in [0.5, 0.6) is 5.75 Å². The summed E-state index contributed by atoms with van der Waals surface area (Å²) in [5, 5.41) is 2.90. The number of fused-ring (bicyclic) bond motifs is 1. The van der Waals surface area contributed by atoms with Crippen LogP contribution in [0.2, 0.25) is 0 Å². The molecule has 0 radical (unpaired) electrons. The first-order valence-corrected chi connectivity index (χ1v) is 10.5. The lowest BCUT2D eigenvalue weighted by Gasteiger charge is -2.23. The van der Waals surface area contributed by atoms with Crippen LogP contribution >= 0.6 is 0 Å². The maximum absolute atomic E-state index is 13.2. The lowest BCUT2D eigenvalue weighted by atomic mass is 10.1. The van der Waals surface area contributed by atoms with Crippen LogP contribution in [0.4, 0.5) is 10.1 Å². The number of ether oxygens (including phenoxy) is 1. The van der Waals surface area contributed by atoms with Gasteiger partial charge in [-0.3, -0.25) is 9.59 Å². The van der Waals surface area contributed by atoms with Crippen molar-refractivity contribution < 1.29 is 18.7 Å². The van der Waals surface area contributed by atoms with Gasteiger partial charge in [0, 0.05) is 23.8 Å². The number of halogens is 1. The Morgan fingerprint density at radius 1 is 1.03 bits per heavy atom. The van der Waals surface area contributed by atoms with Gasteiger partial charge in [0.05, 0.1) is 13.5 Å². The van der Waals surface area contributed by atoms with Gasteiger partial charge in [0.25, 0.3) is 5.91 Å². The van der Waals surface area contributed by atoms with Gasteiger partial charge in [-0.2, -0.15) is 0 Å². The fraction of sp³-hybridized carbons (Fsp3) is 0.231. The predicted molar refractivity (Wildman–Crippen MR) is 121 cm³/mol. The second-order valence-corrected chi connectivity index (χ2v) is 8.00. The van der Waals surface area contributed by atoms with Gasteiger partial charge in [-0.05, 0) is 72.5 Å². The number of methoxy groups -OCH3 is 1. The van der Waals surface area contributed by atoms with Crippen LogP contribution in [0, 0.1) is 5.82 Å². The molecule has 6 heteroatoms. The van der Waals surface area contributed by atoms with E-state index in [1.165, 1.54) is 12.1 Å². The van der Waals surface area contributed by atoms with Crippen molar-refractivity contribution >= 4 is 17.5 Å². The number of benzene rings is 3. The molecule has 1 N–H and O–H groups in total. The third-order valence-electron chi connectivity index (χ3n) is 5.69. The first-order valence-electron chi connectivity index (χ1n) is 10.5. The summed E-state index contributed by atoms with van der Waals surface area (Å²) in [5.74, 6) is 0.179. The molecule has 4 rings (SSSR count). The molecule has 0 saturated carbocycles. The number of hydrogen-bond donors (Lipinski definition) is 1. The SMILES string of the molecule is COc1ccc(C(=O)N2c3cc(CNC(=O)Cc4ccc(F)cc4)ccc3CC2C)cc1. The van der Waals surface area contributed by atoms with Crippen molar-refractivity contribution in [3.63, 3.8) is 0 Å². The fourth-order valence-corrected chi connectivity index (χ4v) is 4.00. The van der Waals surface area contributed by atoms with Gasteiger partial charge in [-0.1, -0.05) is 24.3 Å². The van der Waals surface area contributed by atoms with Crippen molar-refractivity contribution in [1.82, 2.24) is 5.32 Å². The summed E-state index contributed by atoms with van der Waals surface area (Å²) in [7, 11) is 1.59. The van der Waals surface area contributed by atoms with Crippen molar-refractivity contribution in [2.24, 2.45) is 0 Å². The van der Waals surface area contributed by atoms with E-state index in [2.05, 4.69) is 5.32 Å². The van der Waals surface area contributed by atoms with Crippen LogP contribution in [-0.2, 0) is 24.2 Å². The Hall–Kier alpha value is -3.67. The average molecular weight is 432 g/mol. The summed E-state index contributed by atoms with van der Waals surface area (Å²) in [6.07, 6.45) is 0.971. The van der Waals surface area contributed by atoms with Crippen LogP contribution in [0.15, 0.2) is 66.7 Å². The zero-order valence-electron chi connectivity index (χ0n) is 18.1. The first-order chi connectivity index (χ1) is 15.4. The molecule has 32 heavy (non-hydrogen) atoms. The molecular formula is C26H25FN2O3. The predicted octanol–water partition coefficient (Wildman–Crippen LogP) is 4.28. The molecule has 0 fully saturated rings. The summed E-state index contributed by atoms with van der Waals surface area (Å²) in [5.41, 5.74) is 4.26. The van der Waals surface area contributed by atoms with E-state index in [9.17, 15) is 14.0 Å². The third-order valence-corrected chi connectivity index (χ3v) is 5.69. The molecule has 0 aliphatic carbocycles. The second kappa shape index (κ2) is 9.22. The van der Waals surface area contributed by atoms with E-state index in [1.54, 1.807) is 43.5 Å². The van der Waals surface area contributed by atoms with E-state index in [1.807, 2.05) is 30.0 Å². The second-order valence-electron chi connectivity index (χ2n) is 8.00. The molecule has 3 aromatic rings. The van der Waals surface area contributed by atoms with Gasteiger partial charge in [-0.25, -0.2) is 4.39 Å². The van der Waals surface area contributed by atoms with Crippen LogP contribution in [0.3, 0.4) is 0 Å². The van der Waals surface area contributed by atoms with Gasteiger partial charge in [0.2, 0.25) is 5.91 Å². The van der Waals surface area contributed by atoms with Crippen molar-refractivity contribution in [3.05, 3.63) is 94.8 Å². The van der Waals surface area contributed by atoms with E-state index >= 15 is 0 Å². The molecule has 0 saturated heterocycles. The minimum absolute atomic E-state index is 0.0444. The van der Waals surface area contributed by atoms with Crippen molar-refractivity contribution in [1.29, 1.82) is 0 Å². The molecular weight excluding hydrogens is 407 g/mol. The number of carbonyl (C=O) groups is 2. The number of nitrogens with one attached hydrogen (secondary N) is 1. The van der Waals surface area contributed by atoms with E-state index in [0.29, 0.717) is 17.9 Å². The van der Waals surface area contributed by atoms with Crippen molar-refractivity contribution in [3.8, 4) is 5.75 Å². The lowest BCUT2D eigenvalue weighted by molar-refractivity contribution is -0.120. The number of nitrogens with zero attached hydrogens (tertiary/aromatic N) is 1. The number of amides is 2.